The van der Waals surface area contributed by atoms with Crippen molar-refractivity contribution in [3.8, 4) is 5.75 Å². The molecule has 0 heterocycles. The number of hydrogen-bond acceptors (Lipinski definition) is 4. The van der Waals surface area contributed by atoms with Crippen molar-refractivity contribution in [3.63, 3.8) is 0 Å². The van der Waals surface area contributed by atoms with Crippen molar-refractivity contribution >= 4 is 11.6 Å². The molecular weight excluding hydrogens is 218 g/mol. The molecule has 4 N–H and O–H groups in total. The number of rotatable bonds is 5. The van der Waals surface area contributed by atoms with Crippen molar-refractivity contribution in [1.29, 1.82) is 0 Å². The molecular formula is C12H19N3O2. The standard InChI is InChI=1S/C12H19N3O2/c1-12(14,11(13)16)8-17-10-6-4-5-9(7-10)15(2)3/h4-7H,8,14H2,1-3H3,(H2,13,16). The van der Waals surface area contributed by atoms with Gasteiger partial charge in [0, 0.05) is 25.8 Å². The van der Waals surface area contributed by atoms with Crippen LogP contribution in [0.1, 0.15) is 6.92 Å². The number of nitrogens with two attached hydrogens (primary N) is 2. The van der Waals surface area contributed by atoms with E-state index in [1.807, 2.05) is 43.3 Å². The molecule has 0 spiro atoms. The highest BCUT2D eigenvalue weighted by Gasteiger charge is 2.26. The van der Waals surface area contributed by atoms with Crippen molar-refractivity contribution in [3.05, 3.63) is 24.3 Å². The molecule has 0 aliphatic heterocycles. The van der Waals surface area contributed by atoms with Crippen LogP contribution in [0.15, 0.2) is 24.3 Å². The Morgan fingerprint density at radius 1 is 1.47 bits per heavy atom. The summed E-state index contributed by atoms with van der Waals surface area (Å²) in [5.74, 6) is 0.0791. The van der Waals surface area contributed by atoms with E-state index in [0.717, 1.165) is 5.69 Å². The van der Waals surface area contributed by atoms with Gasteiger partial charge in [0.25, 0.3) is 0 Å². The third-order valence-electron chi connectivity index (χ3n) is 2.44. The van der Waals surface area contributed by atoms with Gasteiger partial charge < -0.3 is 21.1 Å². The van der Waals surface area contributed by atoms with Gasteiger partial charge in [-0.05, 0) is 19.1 Å². The van der Waals surface area contributed by atoms with Gasteiger partial charge in [-0.3, -0.25) is 4.79 Å². The maximum atomic E-state index is 11.0. The highest BCUT2D eigenvalue weighted by atomic mass is 16.5. The molecule has 1 unspecified atom stereocenters. The summed E-state index contributed by atoms with van der Waals surface area (Å²) in [7, 11) is 3.88. The average Bonchev–Trinajstić information content (AvgIpc) is 2.26. The monoisotopic (exact) mass is 237 g/mol. The molecule has 0 aliphatic rings. The highest BCUT2D eigenvalue weighted by molar-refractivity contribution is 5.84. The molecule has 0 aromatic heterocycles. The molecule has 0 saturated heterocycles. The summed E-state index contributed by atoms with van der Waals surface area (Å²) >= 11 is 0. The van der Waals surface area contributed by atoms with E-state index in [1.165, 1.54) is 0 Å². The van der Waals surface area contributed by atoms with Crippen molar-refractivity contribution < 1.29 is 9.53 Å². The van der Waals surface area contributed by atoms with Crippen LogP contribution in [-0.4, -0.2) is 32.1 Å². The lowest BCUT2D eigenvalue weighted by molar-refractivity contribution is -0.123. The predicted molar refractivity (Wildman–Crippen MR) is 68.1 cm³/mol. The molecule has 0 bridgehead atoms. The topological polar surface area (TPSA) is 81.6 Å². The Morgan fingerprint density at radius 2 is 2.12 bits per heavy atom. The van der Waals surface area contributed by atoms with Gasteiger partial charge >= 0.3 is 0 Å². The van der Waals surface area contributed by atoms with E-state index >= 15 is 0 Å². The lowest BCUT2D eigenvalue weighted by Crippen LogP contribution is -2.53. The Hall–Kier alpha value is -1.75. The fraction of sp³-hybridized carbons (Fsp3) is 0.417. The minimum absolute atomic E-state index is 0.0548. The Balaban J connectivity index is 2.70. The lowest BCUT2D eigenvalue weighted by atomic mass is 10.1. The van der Waals surface area contributed by atoms with E-state index in [1.54, 1.807) is 6.92 Å². The first-order valence-electron chi connectivity index (χ1n) is 5.32. The summed E-state index contributed by atoms with van der Waals surface area (Å²) in [6.07, 6.45) is 0. The van der Waals surface area contributed by atoms with Gasteiger partial charge in [0.15, 0.2) is 0 Å². The summed E-state index contributed by atoms with van der Waals surface area (Å²) in [6, 6.07) is 7.52. The summed E-state index contributed by atoms with van der Waals surface area (Å²) in [6.45, 7) is 1.60. The van der Waals surface area contributed by atoms with Crippen molar-refractivity contribution in [2.24, 2.45) is 11.5 Å². The third-order valence-corrected chi connectivity index (χ3v) is 2.44. The molecule has 5 heteroatoms. The molecule has 1 rings (SSSR count). The van der Waals surface area contributed by atoms with Crippen LogP contribution >= 0.6 is 0 Å². The smallest absolute Gasteiger partial charge is 0.240 e. The summed E-state index contributed by atoms with van der Waals surface area (Å²) in [5.41, 5.74) is 10.7. The molecule has 1 atom stereocenters. The number of nitrogens with zero attached hydrogens (tertiary/aromatic N) is 1. The summed E-state index contributed by atoms with van der Waals surface area (Å²) in [4.78, 5) is 13.0. The minimum atomic E-state index is -1.16. The van der Waals surface area contributed by atoms with Crippen LogP contribution in [-0.2, 0) is 4.79 Å². The minimum Gasteiger partial charge on any atom is -0.491 e. The number of amides is 1. The lowest BCUT2D eigenvalue weighted by Gasteiger charge is -2.21. The Kier molecular flexibility index (Phi) is 3.96. The summed E-state index contributed by atoms with van der Waals surface area (Å²) in [5, 5.41) is 0. The molecule has 94 valence electrons. The van der Waals surface area contributed by atoms with Gasteiger partial charge in [0.2, 0.25) is 5.91 Å². The van der Waals surface area contributed by atoms with Crippen LogP contribution in [0.3, 0.4) is 0 Å². The van der Waals surface area contributed by atoms with Crippen LogP contribution in [0.25, 0.3) is 0 Å². The Bertz CT molecular complexity index is 402. The van der Waals surface area contributed by atoms with Gasteiger partial charge in [-0.15, -0.1) is 0 Å². The highest BCUT2D eigenvalue weighted by Crippen LogP contribution is 2.19. The molecule has 0 aliphatic carbocycles. The number of carbonyl (C=O) groups is 1. The fourth-order valence-corrected chi connectivity index (χ4v) is 1.16. The number of benzene rings is 1. The third kappa shape index (κ3) is 3.64. The van der Waals surface area contributed by atoms with Crippen LogP contribution in [0.5, 0.6) is 5.75 Å². The van der Waals surface area contributed by atoms with Crippen molar-refractivity contribution in [2.75, 3.05) is 25.6 Å². The van der Waals surface area contributed by atoms with E-state index < -0.39 is 11.4 Å². The number of hydrogen-bond donors (Lipinski definition) is 2. The number of carbonyl (C=O) groups excluding carboxylic acids is 1. The van der Waals surface area contributed by atoms with Crippen molar-refractivity contribution in [2.45, 2.75) is 12.5 Å². The van der Waals surface area contributed by atoms with E-state index in [4.69, 9.17) is 16.2 Å². The van der Waals surface area contributed by atoms with Gasteiger partial charge in [0.1, 0.15) is 17.9 Å². The van der Waals surface area contributed by atoms with Crippen LogP contribution in [0.2, 0.25) is 0 Å². The fourth-order valence-electron chi connectivity index (χ4n) is 1.16. The van der Waals surface area contributed by atoms with E-state index in [0.29, 0.717) is 5.75 Å². The SMILES string of the molecule is CN(C)c1cccc(OCC(C)(N)C(N)=O)c1. The van der Waals surface area contributed by atoms with Crippen molar-refractivity contribution in [1.82, 2.24) is 0 Å². The van der Waals surface area contributed by atoms with Crippen LogP contribution < -0.4 is 21.1 Å². The van der Waals surface area contributed by atoms with E-state index in [-0.39, 0.29) is 6.61 Å². The number of anilines is 1. The number of primary amides is 1. The molecule has 0 fully saturated rings. The first kappa shape index (κ1) is 13.3. The van der Waals surface area contributed by atoms with Gasteiger partial charge in [-0.1, -0.05) is 6.07 Å². The second-order valence-electron chi connectivity index (χ2n) is 4.46. The molecule has 17 heavy (non-hydrogen) atoms. The number of ether oxygens (including phenoxy) is 1. The molecule has 5 nitrogen and oxygen atoms in total. The normalized spacial score (nSPS) is 13.9. The van der Waals surface area contributed by atoms with Crippen LogP contribution in [0, 0.1) is 0 Å². The molecule has 0 radical (unpaired) electrons. The van der Waals surface area contributed by atoms with Gasteiger partial charge in [-0.2, -0.15) is 0 Å². The Morgan fingerprint density at radius 3 is 2.65 bits per heavy atom. The molecule has 1 aromatic carbocycles. The second kappa shape index (κ2) is 5.05. The largest absolute Gasteiger partial charge is 0.491 e. The zero-order valence-electron chi connectivity index (χ0n) is 10.4. The zero-order valence-corrected chi connectivity index (χ0v) is 10.4. The average molecular weight is 237 g/mol. The predicted octanol–water partition coefficient (Wildman–Crippen LogP) is 0.334. The van der Waals surface area contributed by atoms with Gasteiger partial charge in [-0.25, -0.2) is 0 Å². The molecule has 0 saturated carbocycles. The van der Waals surface area contributed by atoms with E-state index in [2.05, 4.69) is 0 Å². The summed E-state index contributed by atoms with van der Waals surface area (Å²) < 4.78 is 5.47. The first-order valence-corrected chi connectivity index (χ1v) is 5.32. The maximum Gasteiger partial charge on any atom is 0.240 e. The van der Waals surface area contributed by atoms with Crippen LogP contribution in [0.4, 0.5) is 5.69 Å². The maximum absolute atomic E-state index is 11.0. The quantitative estimate of drug-likeness (QED) is 0.773. The second-order valence-corrected chi connectivity index (χ2v) is 4.46. The molecule has 1 amide bonds. The first-order chi connectivity index (χ1) is 7.83. The van der Waals surface area contributed by atoms with Gasteiger partial charge in [0.05, 0.1) is 0 Å². The molecule has 1 aromatic rings. The van der Waals surface area contributed by atoms with E-state index in [9.17, 15) is 4.79 Å². The zero-order chi connectivity index (χ0) is 13.1. The Labute approximate surface area is 101 Å².